The molecule has 1 fully saturated rings. The molecule has 0 spiro atoms. The van der Waals surface area contributed by atoms with Crippen LogP contribution in [0.5, 0.6) is 0 Å². The van der Waals surface area contributed by atoms with E-state index in [-0.39, 0.29) is 19.0 Å². The van der Waals surface area contributed by atoms with Gasteiger partial charge in [-0.05, 0) is 0 Å². The highest BCUT2D eigenvalue weighted by molar-refractivity contribution is 6.02. The number of urea groups is 1. The van der Waals surface area contributed by atoms with Crippen molar-refractivity contribution in [3.63, 3.8) is 0 Å². The van der Waals surface area contributed by atoms with E-state index in [2.05, 4.69) is 5.32 Å². The summed E-state index contributed by atoms with van der Waals surface area (Å²) in [5.41, 5.74) is 1.90. The standard InChI is InChI=1S/C7H10N4O3/c8-10-5(12)2-1-3-11-4-6(13)9-7(11)14/h1-2H,3-4,8H2,(H,10,12)(H,9,13,14). The summed E-state index contributed by atoms with van der Waals surface area (Å²) >= 11 is 0. The number of carbonyl (C=O) groups excluding carboxylic acids is 3. The minimum atomic E-state index is -0.462. The maximum atomic E-state index is 11.0. The molecule has 0 aromatic carbocycles. The van der Waals surface area contributed by atoms with Crippen molar-refractivity contribution in [3.8, 4) is 0 Å². The van der Waals surface area contributed by atoms with Crippen LogP contribution in [-0.4, -0.2) is 35.8 Å². The molecule has 1 aliphatic heterocycles. The zero-order valence-electron chi connectivity index (χ0n) is 7.32. The van der Waals surface area contributed by atoms with Crippen LogP contribution in [0.3, 0.4) is 0 Å². The minimum absolute atomic E-state index is 0.0212. The Morgan fingerprint density at radius 3 is 2.86 bits per heavy atom. The second kappa shape index (κ2) is 4.38. The molecule has 1 saturated heterocycles. The molecule has 4 N–H and O–H groups in total. The number of hydrogen-bond donors (Lipinski definition) is 3. The van der Waals surface area contributed by atoms with Gasteiger partial charge in [0.05, 0.1) is 0 Å². The maximum Gasteiger partial charge on any atom is 0.324 e. The van der Waals surface area contributed by atoms with Crippen LogP contribution in [0.15, 0.2) is 12.2 Å². The third kappa shape index (κ3) is 2.56. The Morgan fingerprint density at radius 1 is 1.64 bits per heavy atom. The lowest BCUT2D eigenvalue weighted by Gasteiger charge is -2.08. The Kier molecular flexibility index (Phi) is 3.19. The number of carbonyl (C=O) groups is 3. The first-order valence-corrected chi connectivity index (χ1v) is 3.89. The largest absolute Gasteiger partial charge is 0.324 e. The predicted molar refractivity (Wildman–Crippen MR) is 46.6 cm³/mol. The summed E-state index contributed by atoms with van der Waals surface area (Å²) in [5, 5.41) is 2.11. The van der Waals surface area contributed by atoms with Crippen molar-refractivity contribution in [1.29, 1.82) is 0 Å². The van der Waals surface area contributed by atoms with Crippen LogP contribution in [0.4, 0.5) is 4.79 Å². The highest BCUT2D eigenvalue weighted by Gasteiger charge is 2.25. The van der Waals surface area contributed by atoms with E-state index in [0.29, 0.717) is 0 Å². The van der Waals surface area contributed by atoms with Gasteiger partial charge in [0.1, 0.15) is 6.54 Å². The summed E-state index contributed by atoms with van der Waals surface area (Å²) in [7, 11) is 0. The van der Waals surface area contributed by atoms with E-state index in [0.717, 1.165) is 0 Å². The van der Waals surface area contributed by atoms with E-state index in [1.165, 1.54) is 17.1 Å². The van der Waals surface area contributed by atoms with Gasteiger partial charge in [-0.1, -0.05) is 6.08 Å². The van der Waals surface area contributed by atoms with Crippen LogP contribution in [0.25, 0.3) is 0 Å². The van der Waals surface area contributed by atoms with E-state index < -0.39 is 11.9 Å². The Bertz CT molecular complexity index is 299. The van der Waals surface area contributed by atoms with Crippen molar-refractivity contribution in [3.05, 3.63) is 12.2 Å². The fourth-order valence-electron chi connectivity index (χ4n) is 0.966. The van der Waals surface area contributed by atoms with E-state index in [4.69, 9.17) is 5.84 Å². The molecule has 1 heterocycles. The molecule has 1 aliphatic rings. The minimum Gasteiger partial charge on any atom is -0.311 e. The Morgan fingerprint density at radius 2 is 2.36 bits per heavy atom. The van der Waals surface area contributed by atoms with Gasteiger partial charge in [-0.15, -0.1) is 0 Å². The first-order chi connectivity index (χ1) is 6.63. The Labute approximate surface area is 79.9 Å². The molecule has 0 aromatic rings. The summed E-state index contributed by atoms with van der Waals surface area (Å²) < 4.78 is 0. The predicted octanol–water partition coefficient (Wildman–Crippen LogP) is -1.92. The van der Waals surface area contributed by atoms with Gasteiger partial charge < -0.3 is 4.90 Å². The van der Waals surface area contributed by atoms with Crippen molar-refractivity contribution in [2.75, 3.05) is 13.1 Å². The zero-order valence-corrected chi connectivity index (χ0v) is 7.32. The molecule has 7 nitrogen and oxygen atoms in total. The maximum absolute atomic E-state index is 11.0. The lowest BCUT2D eigenvalue weighted by molar-refractivity contribution is -0.118. The number of nitrogens with zero attached hydrogens (tertiary/aromatic N) is 1. The number of imide groups is 1. The highest BCUT2D eigenvalue weighted by Crippen LogP contribution is 1.97. The van der Waals surface area contributed by atoms with Crippen LogP contribution in [0.2, 0.25) is 0 Å². The zero-order chi connectivity index (χ0) is 10.6. The third-order valence-electron chi connectivity index (χ3n) is 1.61. The lowest BCUT2D eigenvalue weighted by atomic mass is 10.4. The number of rotatable bonds is 3. The number of amides is 4. The Hall–Kier alpha value is -1.89. The molecule has 0 unspecified atom stereocenters. The SMILES string of the molecule is NNC(=O)C=CCN1CC(=O)NC1=O. The van der Waals surface area contributed by atoms with Gasteiger partial charge >= 0.3 is 6.03 Å². The number of nitrogens with two attached hydrogens (primary N) is 1. The van der Waals surface area contributed by atoms with E-state index in [1.54, 1.807) is 0 Å². The highest BCUT2D eigenvalue weighted by atomic mass is 16.2. The molecular formula is C7H10N4O3. The van der Waals surface area contributed by atoms with Crippen molar-refractivity contribution in [2.24, 2.45) is 5.84 Å². The van der Waals surface area contributed by atoms with Gasteiger partial charge in [-0.2, -0.15) is 0 Å². The molecule has 0 radical (unpaired) electrons. The molecule has 0 saturated carbocycles. The van der Waals surface area contributed by atoms with Gasteiger partial charge in [0.25, 0.3) is 5.91 Å². The van der Waals surface area contributed by atoms with Crippen LogP contribution in [0, 0.1) is 0 Å². The quantitative estimate of drug-likeness (QED) is 0.162. The number of nitrogens with one attached hydrogen (secondary N) is 2. The van der Waals surface area contributed by atoms with Gasteiger partial charge in [0.15, 0.2) is 0 Å². The van der Waals surface area contributed by atoms with Gasteiger partial charge in [-0.3, -0.25) is 20.3 Å². The van der Waals surface area contributed by atoms with Crippen LogP contribution in [0.1, 0.15) is 0 Å². The lowest BCUT2D eigenvalue weighted by Crippen LogP contribution is -2.30. The van der Waals surface area contributed by atoms with E-state index in [9.17, 15) is 14.4 Å². The molecular weight excluding hydrogens is 188 g/mol. The monoisotopic (exact) mass is 198 g/mol. The van der Waals surface area contributed by atoms with Crippen LogP contribution < -0.4 is 16.6 Å². The number of hydrogen-bond acceptors (Lipinski definition) is 4. The van der Waals surface area contributed by atoms with Gasteiger partial charge in [0, 0.05) is 12.6 Å². The van der Waals surface area contributed by atoms with Crippen molar-refractivity contribution < 1.29 is 14.4 Å². The molecule has 76 valence electrons. The molecule has 4 amide bonds. The molecule has 14 heavy (non-hydrogen) atoms. The van der Waals surface area contributed by atoms with Crippen LogP contribution >= 0.6 is 0 Å². The number of hydrazine groups is 1. The van der Waals surface area contributed by atoms with E-state index >= 15 is 0 Å². The second-order valence-electron chi connectivity index (χ2n) is 2.64. The smallest absolute Gasteiger partial charge is 0.311 e. The molecule has 0 aromatic heterocycles. The molecule has 0 aliphatic carbocycles. The first kappa shape index (κ1) is 10.2. The first-order valence-electron chi connectivity index (χ1n) is 3.89. The van der Waals surface area contributed by atoms with E-state index in [1.807, 2.05) is 5.43 Å². The summed E-state index contributed by atoms with van der Waals surface area (Å²) in [6.07, 6.45) is 2.64. The third-order valence-corrected chi connectivity index (χ3v) is 1.61. The molecule has 0 atom stereocenters. The summed E-state index contributed by atoms with van der Waals surface area (Å²) in [5.74, 6) is 4.01. The molecule has 0 bridgehead atoms. The summed E-state index contributed by atoms with van der Waals surface area (Å²) in [4.78, 5) is 33.6. The molecule has 7 heteroatoms. The van der Waals surface area contributed by atoms with Gasteiger partial charge in [-0.25, -0.2) is 10.6 Å². The normalized spacial score (nSPS) is 16.2. The fraction of sp³-hybridized carbons (Fsp3) is 0.286. The second-order valence-corrected chi connectivity index (χ2v) is 2.64. The average Bonchev–Trinajstić information content (AvgIpc) is 2.45. The Balaban J connectivity index is 2.39. The van der Waals surface area contributed by atoms with Gasteiger partial charge in [0.2, 0.25) is 5.91 Å². The van der Waals surface area contributed by atoms with Crippen molar-refractivity contribution in [2.45, 2.75) is 0 Å². The fourth-order valence-corrected chi connectivity index (χ4v) is 0.966. The molecule has 1 rings (SSSR count). The van der Waals surface area contributed by atoms with Crippen molar-refractivity contribution in [1.82, 2.24) is 15.6 Å². The van der Waals surface area contributed by atoms with Crippen molar-refractivity contribution >= 4 is 17.8 Å². The topological polar surface area (TPSA) is 105 Å². The van der Waals surface area contributed by atoms with Crippen LogP contribution in [-0.2, 0) is 9.59 Å². The summed E-state index contributed by atoms with van der Waals surface area (Å²) in [6.45, 7) is 0.221. The average molecular weight is 198 g/mol. The summed E-state index contributed by atoms with van der Waals surface area (Å²) in [6, 6.07) is -0.451.